The molecule has 0 aliphatic rings. The minimum atomic E-state index is -0.340. The second kappa shape index (κ2) is 2.03. The quantitative estimate of drug-likeness (QED) is 0.479. The normalized spacial score (nSPS) is 11.2. The Hall–Kier alpha value is 0.769. The molecule has 2 N–H and O–H groups in total. The zero-order chi connectivity index (χ0) is 3.58. The van der Waals surface area contributed by atoms with Crippen LogP contribution in [0.4, 0.5) is 0 Å². The third kappa shape index (κ3) is 14.6. The first-order valence-corrected chi connectivity index (χ1v) is 3.37. The predicted molar refractivity (Wildman–Crippen MR) is 15.9 cm³/mol. The van der Waals surface area contributed by atoms with Gasteiger partial charge in [0, 0.05) is 0 Å². The Balaban J connectivity index is 2.32. The molecule has 32 valence electrons. The summed E-state index contributed by atoms with van der Waals surface area (Å²) in [5.74, 6) is 1.73. The van der Waals surface area contributed by atoms with Gasteiger partial charge >= 0.3 is 33.9 Å². The molecule has 0 unspecified atom stereocenters. The van der Waals surface area contributed by atoms with Crippen LogP contribution in [0, 0.1) is 0 Å². The van der Waals surface area contributed by atoms with Gasteiger partial charge in [-0.2, -0.15) is 0 Å². The van der Waals surface area contributed by atoms with Crippen molar-refractivity contribution in [1.82, 2.24) is 0 Å². The fraction of sp³-hybridized carbons (Fsp3) is 1.00. The van der Waals surface area contributed by atoms with Crippen molar-refractivity contribution in [2.24, 2.45) is 4.75 Å². The maximum absolute atomic E-state index is 5.07. The van der Waals surface area contributed by atoms with Crippen LogP contribution >= 0.6 is 10.1 Å². The second-order valence-electron chi connectivity index (χ2n) is 0.354. The summed E-state index contributed by atoms with van der Waals surface area (Å²) in [7, 11) is 5.07. The molecule has 4 heavy (non-hydrogen) atoms. The van der Waals surface area contributed by atoms with Crippen LogP contribution in [0.5, 0.6) is 0 Å². The van der Waals surface area contributed by atoms with E-state index in [9.17, 15) is 0 Å². The summed E-state index contributed by atoms with van der Waals surface area (Å²) >= 11 is -0.340. The van der Waals surface area contributed by atoms with Gasteiger partial charge in [-0.15, -0.1) is 0 Å². The Morgan fingerprint density at radius 1 is 2.00 bits per heavy atom. The summed E-state index contributed by atoms with van der Waals surface area (Å²) in [5.41, 5.74) is 0. The molecule has 0 saturated carbocycles. The van der Waals surface area contributed by atoms with E-state index >= 15 is 0 Å². The molecule has 0 aromatic rings. The van der Waals surface area contributed by atoms with Crippen LogP contribution in [-0.4, -0.2) is 0 Å². The van der Waals surface area contributed by atoms with E-state index < -0.39 is 0 Å². The van der Waals surface area contributed by atoms with Crippen molar-refractivity contribution in [2.45, 2.75) is 5.82 Å². The van der Waals surface area contributed by atoms with Gasteiger partial charge in [0.05, 0.1) is 0 Å². The molecule has 0 fully saturated rings. The average molecular weight is 130 g/mol. The van der Waals surface area contributed by atoms with Crippen molar-refractivity contribution in [3.8, 4) is 0 Å². The first-order valence-electron chi connectivity index (χ1n) is 0.590. The Morgan fingerprint density at radius 3 is 2.00 bits per heavy atom. The Labute approximate surface area is 34.4 Å². The Morgan fingerprint density at radius 2 is 2.00 bits per heavy atom. The molecule has 0 bridgehead atoms. The van der Waals surface area contributed by atoms with Crippen LogP contribution < -0.4 is 4.75 Å². The fourth-order valence-corrected chi connectivity index (χ4v) is 0. The number of rotatable bonds is 0. The Bertz CT molecular complexity index is 12.8. The zero-order valence-corrected chi connectivity index (χ0v) is 3.95. The van der Waals surface area contributed by atoms with Gasteiger partial charge in [-0.25, -0.2) is 0 Å². The van der Waals surface area contributed by atoms with Crippen LogP contribution in [0.25, 0.3) is 0 Å². The average Bonchev–Trinajstić information content (AvgIpc) is 0.811. The van der Waals surface area contributed by atoms with Crippen molar-refractivity contribution >= 4 is 10.1 Å². The summed E-state index contributed by atoms with van der Waals surface area (Å²) in [4.78, 5) is 0. The first kappa shape index (κ1) is 4.77. The van der Waals surface area contributed by atoms with E-state index in [0.717, 1.165) is 0 Å². The molecule has 0 aliphatic heterocycles. The molecule has 0 rings (SSSR count). The van der Waals surface area contributed by atoms with E-state index in [1.165, 1.54) is 0 Å². The molecule has 3 heteroatoms. The van der Waals surface area contributed by atoms with Gasteiger partial charge in [0.1, 0.15) is 0 Å². The van der Waals surface area contributed by atoms with Crippen molar-refractivity contribution in [3.05, 3.63) is 0 Å². The van der Waals surface area contributed by atoms with Crippen LogP contribution in [0.15, 0.2) is 0 Å². The molecule has 0 radical (unpaired) electrons. The summed E-state index contributed by atoms with van der Waals surface area (Å²) in [6, 6.07) is 0. The summed E-state index contributed by atoms with van der Waals surface area (Å²) < 4.78 is 4.90. The van der Waals surface area contributed by atoms with Crippen LogP contribution in [0.2, 0.25) is 5.82 Å². The summed E-state index contributed by atoms with van der Waals surface area (Å²) in [5, 5.41) is 0. The van der Waals surface area contributed by atoms with Gasteiger partial charge in [0.15, 0.2) is 0 Å². The number of nitrogens with two attached hydrogens (primary N) is 1. The number of hydrogen-bond donors (Lipinski definition) is 1. The van der Waals surface area contributed by atoms with Gasteiger partial charge in [-0.3, -0.25) is 0 Å². The van der Waals surface area contributed by atoms with E-state index in [1.807, 2.05) is 0 Å². The summed E-state index contributed by atoms with van der Waals surface area (Å²) in [6.07, 6.45) is 0. The summed E-state index contributed by atoms with van der Waals surface area (Å²) in [6.45, 7) is 0. The van der Waals surface area contributed by atoms with E-state index in [2.05, 4.69) is 0 Å². The molecule has 0 atom stereocenters. The third-order valence-corrected chi connectivity index (χ3v) is 0. The SMILES string of the molecule is [CH3][Cu]([NH2])[Cl]. The number of hydrogen-bond acceptors (Lipinski definition) is 1. The van der Waals surface area contributed by atoms with Crippen LogP contribution in [-0.2, 0) is 13.2 Å². The van der Waals surface area contributed by atoms with Gasteiger partial charge in [0.2, 0.25) is 0 Å². The van der Waals surface area contributed by atoms with Gasteiger partial charge < -0.3 is 0 Å². The van der Waals surface area contributed by atoms with Crippen LogP contribution in [0.1, 0.15) is 0 Å². The monoisotopic (exact) mass is 129 g/mol. The van der Waals surface area contributed by atoms with Crippen molar-refractivity contribution in [3.63, 3.8) is 0 Å². The molecule has 0 aromatic carbocycles. The number of halogens is 1. The molecule has 0 heterocycles. The maximum atomic E-state index is 5.07. The molecule has 0 aliphatic carbocycles. The second-order valence-corrected chi connectivity index (χ2v) is 2.94. The van der Waals surface area contributed by atoms with E-state index in [0.29, 0.717) is 0 Å². The van der Waals surface area contributed by atoms with Crippen molar-refractivity contribution in [2.75, 3.05) is 0 Å². The van der Waals surface area contributed by atoms with Crippen molar-refractivity contribution in [1.29, 1.82) is 0 Å². The van der Waals surface area contributed by atoms with E-state index in [-0.39, 0.29) is 13.2 Å². The topological polar surface area (TPSA) is 26.0 Å². The minimum absolute atomic E-state index is 0.340. The standard InChI is InChI=1S/CH3.ClH.Cu.H2N/h1H3;1H;;1H2/q;;+2;-1/p-1. The molecule has 0 saturated heterocycles. The van der Waals surface area contributed by atoms with Crippen molar-refractivity contribution < 1.29 is 13.2 Å². The molecule has 0 aromatic heterocycles. The third-order valence-electron chi connectivity index (χ3n) is 0. The molecular formula is CH5ClCuN. The van der Waals surface area contributed by atoms with Crippen LogP contribution in [0.3, 0.4) is 0 Å². The van der Waals surface area contributed by atoms with Gasteiger partial charge in [0.25, 0.3) is 0 Å². The molecule has 0 spiro atoms. The predicted octanol–water partition coefficient (Wildman–Crippen LogP) is 0.680. The van der Waals surface area contributed by atoms with E-state index in [4.69, 9.17) is 14.8 Å². The zero-order valence-electron chi connectivity index (χ0n) is 2.26. The molecule has 1 nitrogen and oxygen atoms in total. The first-order chi connectivity index (χ1) is 1.73. The fourth-order valence-electron chi connectivity index (χ4n) is 0. The van der Waals surface area contributed by atoms with E-state index in [1.54, 1.807) is 5.82 Å². The van der Waals surface area contributed by atoms with Gasteiger partial charge in [-0.05, 0) is 0 Å². The van der Waals surface area contributed by atoms with Gasteiger partial charge in [-0.1, -0.05) is 0 Å². The molecule has 0 amide bonds. The molecular weight excluding hydrogens is 125 g/mol. The Kier molecular flexibility index (Phi) is 2.43.